The summed E-state index contributed by atoms with van der Waals surface area (Å²) in [6.45, 7) is 0.230. The maximum absolute atomic E-state index is 10.6. The van der Waals surface area contributed by atoms with Crippen LogP contribution in [0.2, 0.25) is 0 Å². The zero-order valence-corrected chi connectivity index (χ0v) is 15.7. The Bertz CT molecular complexity index is 1040. The second-order valence-electron chi connectivity index (χ2n) is 7.93. The molecule has 3 aromatic rings. The van der Waals surface area contributed by atoms with Crippen molar-refractivity contribution in [2.45, 2.75) is 31.1 Å². The summed E-state index contributed by atoms with van der Waals surface area (Å²) in [5.74, 6) is 0.147. The third-order valence-corrected chi connectivity index (χ3v) is 6.36. The fraction of sp³-hybridized carbons (Fsp3) is 0.450. The highest BCUT2D eigenvalue weighted by atomic mass is 16.5. The summed E-state index contributed by atoms with van der Waals surface area (Å²) in [6.07, 6.45) is 0.900. The second kappa shape index (κ2) is 6.65. The second-order valence-corrected chi connectivity index (χ2v) is 7.93. The lowest BCUT2D eigenvalue weighted by Gasteiger charge is -2.23. The number of anilines is 1. The lowest BCUT2D eigenvalue weighted by molar-refractivity contribution is -0.0300. The minimum atomic E-state index is -1.02. The largest absolute Gasteiger partial charge is 0.463 e. The van der Waals surface area contributed by atoms with Gasteiger partial charge < -0.3 is 30.4 Å². The Morgan fingerprint density at radius 2 is 2.00 bits per heavy atom. The summed E-state index contributed by atoms with van der Waals surface area (Å²) in [4.78, 5) is 12.9. The van der Waals surface area contributed by atoms with E-state index in [0.717, 1.165) is 5.56 Å². The van der Waals surface area contributed by atoms with E-state index >= 15 is 0 Å². The number of nitrogens with two attached hydrogens (primary N) is 1. The Labute approximate surface area is 166 Å². The van der Waals surface area contributed by atoms with Crippen LogP contribution in [0.5, 0.6) is 6.01 Å². The standard InChI is InChI=1S/C20H23N5O4/c21-17-13-18(24-19(23-17)29-7-6-11-4-2-1-3-5-11)25(10-22-13)14-12-8-20(12,9-26)16(28)15(14)27/h1-5,10,12,14-16,26-28H,6-9H2,(H2,21,23,24)/t12?,14-,15?,16?,20+/m1/s1. The highest BCUT2D eigenvalue weighted by Gasteiger charge is 2.71. The van der Waals surface area contributed by atoms with Crippen molar-refractivity contribution in [1.29, 1.82) is 0 Å². The number of benzene rings is 1. The van der Waals surface area contributed by atoms with Crippen molar-refractivity contribution in [1.82, 2.24) is 19.5 Å². The van der Waals surface area contributed by atoms with E-state index in [0.29, 0.717) is 30.6 Å². The van der Waals surface area contributed by atoms with Gasteiger partial charge in [-0.1, -0.05) is 30.3 Å². The van der Waals surface area contributed by atoms with Gasteiger partial charge in [-0.15, -0.1) is 0 Å². The summed E-state index contributed by atoms with van der Waals surface area (Å²) < 4.78 is 7.44. The fourth-order valence-electron chi connectivity index (χ4n) is 4.66. The molecule has 9 heteroatoms. The molecule has 0 spiro atoms. The molecule has 0 saturated heterocycles. The topological polar surface area (TPSA) is 140 Å². The molecule has 152 valence electrons. The molecule has 5 atom stereocenters. The molecule has 2 saturated carbocycles. The number of ether oxygens (including phenoxy) is 1. The number of aromatic nitrogens is 4. The Hall–Kier alpha value is -2.75. The predicted octanol–water partition coefficient (Wildman–Crippen LogP) is 0.305. The van der Waals surface area contributed by atoms with Gasteiger partial charge >= 0.3 is 6.01 Å². The monoisotopic (exact) mass is 397 g/mol. The molecule has 9 nitrogen and oxygen atoms in total. The molecule has 0 aliphatic heterocycles. The van der Waals surface area contributed by atoms with Gasteiger partial charge in [0.2, 0.25) is 0 Å². The number of fused-ring (bicyclic) bond motifs is 2. The van der Waals surface area contributed by atoms with Crippen molar-refractivity contribution in [3.05, 3.63) is 42.2 Å². The smallest absolute Gasteiger partial charge is 0.320 e. The lowest BCUT2D eigenvalue weighted by atomic mass is 10.0. The van der Waals surface area contributed by atoms with Gasteiger partial charge in [-0.2, -0.15) is 9.97 Å². The number of hydrogen-bond acceptors (Lipinski definition) is 8. The zero-order valence-electron chi connectivity index (χ0n) is 15.7. The first-order valence-corrected chi connectivity index (χ1v) is 9.69. The third-order valence-electron chi connectivity index (χ3n) is 6.36. The zero-order chi connectivity index (χ0) is 20.2. The van der Waals surface area contributed by atoms with E-state index in [1.54, 1.807) is 10.9 Å². The highest BCUT2D eigenvalue weighted by molar-refractivity contribution is 5.82. The maximum Gasteiger partial charge on any atom is 0.320 e. The summed E-state index contributed by atoms with van der Waals surface area (Å²) in [6, 6.07) is 9.65. The Balaban J connectivity index is 1.41. The predicted molar refractivity (Wildman–Crippen MR) is 104 cm³/mol. The van der Waals surface area contributed by atoms with Gasteiger partial charge in [-0.25, -0.2) is 4.98 Å². The fourth-order valence-corrected chi connectivity index (χ4v) is 4.66. The van der Waals surface area contributed by atoms with E-state index in [1.807, 2.05) is 30.3 Å². The van der Waals surface area contributed by atoms with Crippen molar-refractivity contribution >= 4 is 17.0 Å². The van der Waals surface area contributed by atoms with Gasteiger partial charge in [-0.05, 0) is 17.9 Å². The normalized spacial score (nSPS) is 30.4. The molecule has 2 aliphatic rings. The molecular weight excluding hydrogens is 374 g/mol. The first-order valence-electron chi connectivity index (χ1n) is 9.69. The quantitative estimate of drug-likeness (QED) is 0.466. The van der Waals surface area contributed by atoms with E-state index in [1.165, 1.54) is 0 Å². The molecule has 0 bridgehead atoms. The molecule has 2 fully saturated rings. The average molecular weight is 397 g/mol. The summed E-state index contributed by atoms with van der Waals surface area (Å²) in [5, 5.41) is 30.7. The van der Waals surface area contributed by atoms with Crippen molar-refractivity contribution in [3.8, 4) is 6.01 Å². The molecule has 5 N–H and O–H groups in total. The van der Waals surface area contributed by atoms with Gasteiger partial charge in [0.25, 0.3) is 0 Å². The van der Waals surface area contributed by atoms with E-state index in [4.69, 9.17) is 10.5 Å². The van der Waals surface area contributed by atoms with Crippen LogP contribution < -0.4 is 10.5 Å². The lowest BCUT2D eigenvalue weighted by Crippen LogP contribution is -2.35. The molecular formula is C20H23N5O4. The van der Waals surface area contributed by atoms with Crippen LogP contribution in [0.15, 0.2) is 36.7 Å². The number of nitrogens with zero attached hydrogens (tertiary/aromatic N) is 4. The maximum atomic E-state index is 10.6. The van der Waals surface area contributed by atoms with E-state index in [-0.39, 0.29) is 24.4 Å². The number of imidazole rings is 1. The minimum absolute atomic E-state index is 0.0476. The molecule has 2 aromatic heterocycles. The Morgan fingerprint density at radius 1 is 1.21 bits per heavy atom. The number of hydrogen-bond donors (Lipinski definition) is 4. The third kappa shape index (κ3) is 2.77. The van der Waals surface area contributed by atoms with Crippen LogP contribution in [0, 0.1) is 11.3 Å². The molecule has 1 aromatic carbocycles. The van der Waals surface area contributed by atoms with E-state index < -0.39 is 23.7 Å². The van der Waals surface area contributed by atoms with E-state index in [2.05, 4.69) is 15.0 Å². The summed E-state index contributed by atoms with van der Waals surface area (Å²) in [5.41, 5.74) is 7.42. The van der Waals surface area contributed by atoms with E-state index in [9.17, 15) is 15.3 Å². The summed E-state index contributed by atoms with van der Waals surface area (Å²) >= 11 is 0. The molecule has 2 heterocycles. The van der Waals surface area contributed by atoms with Crippen LogP contribution in [0.3, 0.4) is 0 Å². The van der Waals surface area contributed by atoms with Crippen LogP contribution >= 0.6 is 0 Å². The molecule has 0 radical (unpaired) electrons. The molecule has 3 unspecified atom stereocenters. The number of aliphatic hydroxyl groups is 3. The summed E-state index contributed by atoms with van der Waals surface area (Å²) in [7, 11) is 0. The first kappa shape index (κ1) is 18.3. The van der Waals surface area contributed by atoms with Crippen LogP contribution in [0.4, 0.5) is 5.82 Å². The van der Waals surface area contributed by atoms with Crippen molar-refractivity contribution in [2.24, 2.45) is 11.3 Å². The number of aliphatic hydroxyl groups excluding tert-OH is 3. The molecule has 5 rings (SSSR count). The van der Waals surface area contributed by atoms with Crippen LogP contribution in [0.1, 0.15) is 18.0 Å². The van der Waals surface area contributed by atoms with Crippen LogP contribution in [-0.4, -0.2) is 60.3 Å². The van der Waals surface area contributed by atoms with Crippen molar-refractivity contribution in [2.75, 3.05) is 18.9 Å². The Morgan fingerprint density at radius 3 is 2.72 bits per heavy atom. The van der Waals surface area contributed by atoms with Gasteiger partial charge in [0, 0.05) is 11.8 Å². The van der Waals surface area contributed by atoms with Crippen LogP contribution in [-0.2, 0) is 6.42 Å². The molecule has 0 amide bonds. The average Bonchev–Trinajstić information content (AvgIpc) is 3.24. The van der Waals surface area contributed by atoms with Gasteiger partial charge in [0.15, 0.2) is 17.0 Å². The first-order chi connectivity index (χ1) is 14.0. The SMILES string of the molecule is Nc1nc(OCCc2ccccc2)nc2c1ncn2[C@H]1C(O)C(O)[C@]2(CO)CC12. The van der Waals surface area contributed by atoms with Gasteiger partial charge in [0.1, 0.15) is 6.10 Å². The van der Waals surface area contributed by atoms with Gasteiger partial charge in [0.05, 0.1) is 31.7 Å². The number of rotatable bonds is 6. The van der Waals surface area contributed by atoms with Crippen LogP contribution in [0.25, 0.3) is 11.2 Å². The molecule has 2 aliphatic carbocycles. The van der Waals surface area contributed by atoms with Gasteiger partial charge in [-0.3, -0.25) is 0 Å². The van der Waals surface area contributed by atoms with Crippen molar-refractivity contribution in [3.63, 3.8) is 0 Å². The van der Waals surface area contributed by atoms with Crippen molar-refractivity contribution < 1.29 is 20.1 Å². The number of nitrogen functional groups attached to an aromatic ring is 1. The minimum Gasteiger partial charge on any atom is -0.463 e. The molecule has 29 heavy (non-hydrogen) atoms. The Kier molecular flexibility index (Phi) is 4.19. The highest BCUT2D eigenvalue weighted by Crippen LogP contribution is 2.67.